The number of carbonyl (C=O) groups is 1. The molecule has 9 nitrogen and oxygen atoms in total. The van der Waals surface area contributed by atoms with Crippen LogP contribution in [0.3, 0.4) is 0 Å². The Hall–Kier alpha value is -4.92. The smallest absolute Gasteiger partial charge is 0.258 e. The minimum atomic E-state index is -0.227. The Morgan fingerprint density at radius 1 is 1.03 bits per heavy atom. The molecule has 0 fully saturated rings. The van der Waals surface area contributed by atoms with E-state index >= 15 is 0 Å². The number of nitrogens with zero attached hydrogens (tertiary/aromatic N) is 4. The van der Waals surface area contributed by atoms with Gasteiger partial charge in [-0.25, -0.2) is 4.68 Å². The second-order valence-electron chi connectivity index (χ2n) is 8.01. The van der Waals surface area contributed by atoms with Gasteiger partial charge in [-0.2, -0.15) is 5.10 Å². The molecule has 1 amide bonds. The molecule has 2 aromatic heterocycles. The molecule has 3 aromatic carbocycles. The van der Waals surface area contributed by atoms with Gasteiger partial charge in [-0.15, -0.1) is 5.10 Å². The largest absolute Gasteiger partial charge is 0.388 e. The van der Waals surface area contributed by atoms with Crippen LogP contribution in [0.25, 0.3) is 16.6 Å². The van der Waals surface area contributed by atoms with Gasteiger partial charge in [-0.1, -0.05) is 18.2 Å². The van der Waals surface area contributed by atoms with Crippen molar-refractivity contribution in [2.24, 2.45) is 7.05 Å². The maximum absolute atomic E-state index is 12.6. The van der Waals surface area contributed by atoms with E-state index in [2.05, 4.69) is 21.0 Å². The van der Waals surface area contributed by atoms with Gasteiger partial charge in [0.2, 0.25) is 0 Å². The summed E-state index contributed by atoms with van der Waals surface area (Å²) in [6.07, 6.45) is 4.52. The molecule has 0 atom stereocenters. The predicted molar refractivity (Wildman–Crippen MR) is 139 cm³/mol. The molecule has 0 saturated carbocycles. The number of hydrogen-bond donors (Lipinski definition) is 4. The normalized spacial score (nSPS) is 10.8. The van der Waals surface area contributed by atoms with Gasteiger partial charge in [0.1, 0.15) is 0 Å². The number of para-hydroxylation sites is 1. The Labute approximate surface area is 201 Å². The summed E-state index contributed by atoms with van der Waals surface area (Å²) < 4.78 is 3.43. The number of rotatable bonds is 7. The van der Waals surface area contributed by atoms with Gasteiger partial charge in [-0.05, 0) is 48.5 Å². The summed E-state index contributed by atoms with van der Waals surface area (Å²) in [5, 5.41) is 26.9. The first kappa shape index (κ1) is 21.9. The first-order chi connectivity index (χ1) is 17.1. The third kappa shape index (κ3) is 4.34. The summed E-state index contributed by atoms with van der Waals surface area (Å²) >= 11 is 0. The van der Waals surface area contributed by atoms with Crippen LogP contribution in [-0.2, 0) is 7.05 Å². The van der Waals surface area contributed by atoms with E-state index in [9.17, 15) is 4.79 Å². The molecule has 4 N–H and O–H groups in total. The van der Waals surface area contributed by atoms with E-state index in [4.69, 9.17) is 10.5 Å². The summed E-state index contributed by atoms with van der Waals surface area (Å²) in [4.78, 5) is 12.6. The number of aromatic nitrogens is 4. The second kappa shape index (κ2) is 9.14. The number of aryl methyl sites for hydroxylation is 1. The summed E-state index contributed by atoms with van der Waals surface area (Å²) in [7, 11) is 3.60. The molecular formula is C26H24N8O. The summed E-state index contributed by atoms with van der Waals surface area (Å²) in [5.74, 6) is 0.466. The highest BCUT2D eigenvalue weighted by Crippen LogP contribution is 2.30. The van der Waals surface area contributed by atoms with Crippen molar-refractivity contribution >= 4 is 45.9 Å². The van der Waals surface area contributed by atoms with Crippen molar-refractivity contribution in [3.8, 4) is 5.69 Å². The van der Waals surface area contributed by atoms with Gasteiger partial charge in [0, 0.05) is 54.5 Å². The number of amides is 1. The highest BCUT2D eigenvalue weighted by atomic mass is 16.1. The fourth-order valence-corrected chi connectivity index (χ4v) is 3.94. The molecular weight excluding hydrogens is 440 g/mol. The van der Waals surface area contributed by atoms with Crippen LogP contribution in [0.5, 0.6) is 0 Å². The topological polar surface area (TPSA) is 113 Å². The molecule has 5 aromatic rings. The second-order valence-corrected chi connectivity index (χ2v) is 8.01. The van der Waals surface area contributed by atoms with Crippen LogP contribution in [-0.4, -0.2) is 38.7 Å². The molecule has 0 aliphatic heterocycles. The standard InChI is InChI=1S/C26H24N8O/c1-28-23-11-10-20(12-17(23)14-27)30-25-22-8-3-4-9-24(22)34(32-25)21-7-5-6-19(13-21)31-26(35)18-15-29-33(2)16-18/h3-16,27-28H,1-2H3,(H,30,32)(H,31,35). The number of nitrogens with one attached hydrogen (secondary N) is 4. The highest BCUT2D eigenvalue weighted by Gasteiger charge is 2.14. The quantitative estimate of drug-likeness (QED) is 0.259. The SMILES string of the molecule is CNc1ccc(Nc2nn(-c3cccc(NC(=O)c4cnn(C)c4)c3)c3ccccc23)cc1C=N. The zero-order valence-electron chi connectivity index (χ0n) is 19.3. The number of carbonyl (C=O) groups excluding carboxylic acids is 1. The average molecular weight is 465 g/mol. The maximum Gasteiger partial charge on any atom is 0.258 e. The third-order valence-corrected chi connectivity index (χ3v) is 5.64. The van der Waals surface area contributed by atoms with Crippen LogP contribution in [0.1, 0.15) is 15.9 Å². The zero-order chi connectivity index (χ0) is 24.4. The van der Waals surface area contributed by atoms with Crippen molar-refractivity contribution in [2.75, 3.05) is 23.0 Å². The number of hydrogen-bond acceptors (Lipinski definition) is 6. The van der Waals surface area contributed by atoms with Crippen molar-refractivity contribution in [3.05, 3.63) is 90.3 Å². The molecule has 9 heteroatoms. The number of benzene rings is 3. The van der Waals surface area contributed by atoms with E-state index in [1.807, 2.05) is 78.5 Å². The Kier molecular flexibility index (Phi) is 5.72. The van der Waals surface area contributed by atoms with Crippen molar-refractivity contribution in [1.29, 1.82) is 5.41 Å². The van der Waals surface area contributed by atoms with Gasteiger partial charge in [0.25, 0.3) is 5.91 Å². The molecule has 174 valence electrons. The lowest BCUT2D eigenvalue weighted by atomic mass is 10.1. The monoisotopic (exact) mass is 464 g/mol. The van der Waals surface area contributed by atoms with E-state index in [1.54, 1.807) is 17.9 Å². The van der Waals surface area contributed by atoms with Crippen molar-refractivity contribution in [1.82, 2.24) is 19.6 Å². The first-order valence-electron chi connectivity index (χ1n) is 11.0. The lowest BCUT2D eigenvalue weighted by Crippen LogP contribution is -2.11. The maximum atomic E-state index is 12.6. The molecule has 2 heterocycles. The van der Waals surface area contributed by atoms with Gasteiger partial charge < -0.3 is 21.4 Å². The minimum Gasteiger partial charge on any atom is -0.388 e. The molecule has 5 rings (SSSR count). The molecule has 0 aliphatic rings. The van der Waals surface area contributed by atoms with Gasteiger partial charge in [-0.3, -0.25) is 9.48 Å². The zero-order valence-corrected chi connectivity index (χ0v) is 19.3. The summed E-state index contributed by atoms with van der Waals surface area (Å²) in [5.41, 5.74) is 5.36. The number of fused-ring (bicyclic) bond motifs is 1. The molecule has 0 spiro atoms. The van der Waals surface area contributed by atoms with E-state index in [0.717, 1.165) is 33.5 Å². The minimum absolute atomic E-state index is 0.227. The number of anilines is 4. The van der Waals surface area contributed by atoms with E-state index in [0.29, 0.717) is 17.1 Å². The lowest BCUT2D eigenvalue weighted by Gasteiger charge is -2.09. The fourth-order valence-electron chi connectivity index (χ4n) is 3.94. The predicted octanol–water partition coefficient (Wildman–Crippen LogP) is 4.79. The Bertz CT molecular complexity index is 1550. The highest BCUT2D eigenvalue weighted by molar-refractivity contribution is 6.04. The van der Waals surface area contributed by atoms with Crippen molar-refractivity contribution < 1.29 is 4.79 Å². The van der Waals surface area contributed by atoms with E-state index in [-0.39, 0.29) is 5.91 Å². The third-order valence-electron chi connectivity index (χ3n) is 5.64. The van der Waals surface area contributed by atoms with Gasteiger partial charge >= 0.3 is 0 Å². The Morgan fingerprint density at radius 2 is 1.89 bits per heavy atom. The fraction of sp³-hybridized carbons (Fsp3) is 0.0769. The Morgan fingerprint density at radius 3 is 2.66 bits per heavy atom. The molecule has 0 bridgehead atoms. The molecule has 0 aliphatic carbocycles. The van der Waals surface area contributed by atoms with Gasteiger partial charge in [0.15, 0.2) is 5.82 Å². The van der Waals surface area contributed by atoms with Crippen molar-refractivity contribution in [3.63, 3.8) is 0 Å². The summed E-state index contributed by atoms with van der Waals surface area (Å²) in [6, 6.07) is 21.3. The molecule has 0 unspecified atom stereocenters. The van der Waals surface area contributed by atoms with E-state index in [1.165, 1.54) is 12.4 Å². The molecule has 35 heavy (non-hydrogen) atoms. The van der Waals surface area contributed by atoms with Crippen LogP contribution in [0.4, 0.5) is 22.9 Å². The van der Waals surface area contributed by atoms with E-state index < -0.39 is 0 Å². The molecule has 0 saturated heterocycles. The lowest BCUT2D eigenvalue weighted by molar-refractivity contribution is 0.102. The van der Waals surface area contributed by atoms with Crippen LogP contribution in [0, 0.1) is 5.41 Å². The van der Waals surface area contributed by atoms with Gasteiger partial charge in [0.05, 0.1) is 23.0 Å². The van der Waals surface area contributed by atoms with Crippen LogP contribution in [0.15, 0.2) is 79.1 Å². The Balaban J connectivity index is 1.48. The average Bonchev–Trinajstić information content (AvgIpc) is 3.48. The summed E-state index contributed by atoms with van der Waals surface area (Å²) in [6.45, 7) is 0. The van der Waals surface area contributed by atoms with Crippen molar-refractivity contribution in [2.45, 2.75) is 0 Å². The molecule has 0 radical (unpaired) electrons. The first-order valence-corrected chi connectivity index (χ1v) is 11.0. The van der Waals surface area contributed by atoms with Crippen LogP contribution >= 0.6 is 0 Å². The van der Waals surface area contributed by atoms with Crippen LogP contribution < -0.4 is 16.0 Å². The van der Waals surface area contributed by atoms with Crippen LogP contribution in [0.2, 0.25) is 0 Å².